The molecule has 7 rings (SSSR count). The Morgan fingerprint density at radius 3 is 0.976 bits per heavy atom. The minimum absolute atomic E-state index is 0.0143. The van der Waals surface area contributed by atoms with E-state index in [-0.39, 0.29) is 5.41 Å². The van der Waals surface area contributed by atoms with E-state index in [9.17, 15) is 0 Å². The Balaban J connectivity index is 1.42. The molecule has 0 amide bonds. The highest BCUT2D eigenvalue weighted by molar-refractivity contribution is 7.38. The Morgan fingerprint density at radius 1 is 0.439 bits per heavy atom. The van der Waals surface area contributed by atoms with E-state index < -0.39 is 16.1 Å². The van der Waals surface area contributed by atoms with Gasteiger partial charge in [-0.2, -0.15) is 0 Å². The average Bonchev–Trinajstić information content (AvgIpc) is 3.72. The summed E-state index contributed by atoms with van der Waals surface area (Å²) in [5.74, 6) is 0. The van der Waals surface area contributed by atoms with Crippen LogP contribution in [0.4, 0.5) is 0 Å². The molecule has 4 heteroatoms. The fourth-order valence-electron chi connectivity index (χ4n) is 6.67. The maximum absolute atomic E-state index is 2.59. The predicted octanol–water partition coefficient (Wildman–Crippen LogP) is 6.32. The number of hydrogen-bond donors (Lipinski definition) is 0. The smallest absolute Gasteiger partial charge is 0.143 e. The molecule has 0 saturated carbocycles. The summed E-state index contributed by atoms with van der Waals surface area (Å²) in [7, 11) is -4.32. The molecular formula is C37H34S2Si2. The number of fused-ring (bicyclic) bond motifs is 3. The van der Waals surface area contributed by atoms with Gasteiger partial charge in [0.05, 0.1) is 0 Å². The molecular weight excluding hydrogens is 565 g/mol. The zero-order chi connectivity index (χ0) is 28.2. The van der Waals surface area contributed by atoms with Crippen LogP contribution in [-0.2, 0) is 5.41 Å². The van der Waals surface area contributed by atoms with E-state index >= 15 is 0 Å². The van der Waals surface area contributed by atoms with Crippen molar-refractivity contribution in [2.45, 2.75) is 32.4 Å². The van der Waals surface area contributed by atoms with Crippen molar-refractivity contribution in [3.8, 4) is 9.75 Å². The van der Waals surface area contributed by atoms with E-state index in [2.05, 4.69) is 183 Å². The Hall–Kier alpha value is -3.29. The van der Waals surface area contributed by atoms with Crippen LogP contribution in [0, 0.1) is 0 Å². The van der Waals surface area contributed by atoms with Crippen LogP contribution >= 0.6 is 22.7 Å². The first-order chi connectivity index (χ1) is 19.8. The topological polar surface area (TPSA) is 0 Å². The lowest BCUT2D eigenvalue weighted by atomic mass is 9.84. The van der Waals surface area contributed by atoms with Crippen molar-refractivity contribution in [3.63, 3.8) is 0 Å². The van der Waals surface area contributed by atoms with E-state index in [1.165, 1.54) is 41.6 Å². The zero-order valence-electron chi connectivity index (χ0n) is 24.0. The molecule has 0 bridgehead atoms. The van der Waals surface area contributed by atoms with Gasteiger partial charge in [0.2, 0.25) is 0 Å². The standard InChI is InChI=1S/C37H34S2Si2/c1-37(2)31-25-33(40(3,27-17-9-5-10-18-27)28-19-11-6-12-20-28)38-35(31)36-32(37)26-34(39-36)41(4,29-21-13-7-14-22-29)30-23-15-8-16-24-30/h5-26H,1-4H3. The molecule has 0 saturated heterocycles. The van der Waals surface area contributed by atoms with Gasteiger partial charge in [0.25, 0.3) is 0 Å². The quantitative estimate of drug-likeness (QED) is 0.197. The Labute approximate surface area is 254 Å². The Kier molecular flexibility index (Phi) is 6.44. The van der Waals surface area contributed by atoms with Crippen molar-refractivity contribution in [1.29, 1.82) is 0 Å². The third-order valence-electron chi connectivity index (χ3n) is 9.41. The van der Waals surface area contributed by atoms with Crippen LogP contribution in [0.15, 0.2) is 133 Å². The van der Waals surface area contributed by atoms with Crippen LogP contribution < -0.4 is 29.7 Å². The lowest BCUT2D eigenvalue weighted by molar-refractivity contribution is 0.664. The van der Waals surface area contributed by atoms with Crippen molar-refractivity contribution in [2.24, 2.45) is 0 Å². The van der Waals surface area contributed by atoms with Crippen LogP contribution in [0.25, 0.3) is 9.75 Å². The number of hydrogen-bond acceptors (Lipinski definition) is 2. The van der Waals surface area contributed by atoms with Crippen molar-refractivity contribution < 1.29 is 0 Å². The van der Waals surface area contributed by atoms with Crippen LogP contribution in [0.3, 0.4) is 0 Å². The molecule has 202 valence electrons. The Morgan fingerprint density at radius 2 is 0.707 bits per heavy atom. The molecule has 0 unspecified atom stereocenters. The first-order valence-electron chi connectivity index (χ1n) is 14.4. The van der Waals surface area contributed by atoms with Crippen molar-refractivity contribution >= 4 is 68.6 Å². The SMILES string of the molecule is CC1(C)c2cc([Si](C)(c3ccccc3)c3ccccc3)sc2-c2sc([Si](C)(c3ccccc3)c3ccccc3)cc21. The van der Waals surface area contributed by atoms with Crippen LogP contribution in [0.1, 0.15) is 25.0 Å². The second-order valence-corrected chi connectivity index (χ2v) is 22.8. The highest BCUT2D eigenvalue weighted by atomic mass is 32.1. The molecule has 4 aromatic carbocycles. The van der Waals surface area contributed by atoms with E-state index in [1.54, 1.807) is 9.00 Å². The van der Waals surface area contributed by atoms with E-state index in [0.717, 1.165) is 0 Å². The molecule has 2 aromatic heterocycles. The van der Waals surface area contributed by atoms with Crippen LogP contribution in [0.5, 0.6) is 0 Å². The minimum atomic E-state index is -2.16. The van der Waals surface area contributed by atoms with E-state index in [0.29, 0.717) is 0 Å². The van der Waals surface area contributed by atoms with Gasteiger partial charge in [0.1, 0.15) is 0 Å². The first-order valence-corrected chi connectivity index (χ1v) is 21.0. The monoisotopic (exact) mass is 598 g/mol. The first kappa shape index (κ1) is 26.6. The summed E-state index contributed by atoms with van der Waals surface area (Å²) in [6.45, 7) is 9.97. The summed E-state index contributed by atoms with van der Waals surface area (Å²) in [5.41, 5.74) is 3.01. The van der Waals surface area contributed by atoms with Crippen molar-refractivity contribution in [2.75, 3.05) is 0 Å². The van der Waals surface area contributed by atoms with Gasteiger partial charge in [-0.1, -0.05) is 148 Å². The highest BCUT2D eigenvalue weighted by Gasteiger charge is 2.45. The lowest BCUT2D eigenvalue weighted by Crippen LogP contribution is -2.63. The molecule has 0 fully saturated rings. The summed E-state index contributed by atoms with van der Waals surface area (Å²) in [4.78, 5) is 3.00. The zero-order valence-corrected chi connectivity index (χ0v) is 27.7. The largest absolute Gasteiger partial charge is 0.157 e. The minimum Gasteiger partial charge on any atom is -0.143 e. The Bertz CT molecular complexity index is 1600. The van der Waals surface area contributed by atoms with Gasteiger partial charge in [-0.25, -0.2) is 0 Å². The van der Waals surface area contributed by atoms with Gasteiger partial charge < -0.3 is 0 Å². The van der Waals surface area contributed by atoms with Gasteiger partial charge in [-0.15, -0.1) is 22.7 Å². The molecule has 0 N–H and O–H groups in total. The summed E-state index contributed by atoms with van der Waals surface area (Å²) in [6, 6.07) is 50.2. The normalized spacial score (nSPS) is 14.0. The molecule has 0 spiro atoms. The fraction of sp³-hybridized carbons (Fsp3) is 0.135. The fourth-order valence-corrected chi connectivity index (χ4v) is 18.7. The summed E-state index contributed by atoms with van der Waals surface area (Å²) in [5, 5.41) is 5.90. The molecule has 41 heavy (non-hydrogen) atoms. The molecule has 1 aliphatic rings. The van der Waals surface area contributed by atoms with Gasteiger partial charge in [-0.05, 0) is 44.0 Å². The maximum Gasteiger partial charge on any atom is 0.157 e. The third-order valence-corrected chi connectivity index (χ3v) is 22.7. The summed E-state index contributed by atoms with van der Waals surface area (Å²) < 4.78 is 3.11. The van der Waals surface area contributed by atoms with Crippen LogP contribution in [0.2, 0.25) is 13.1 Å². The van der Waals surface area contributed by atoms with E-state index in [1.807, 2.05) is 0 Å². The summed E-state index contributed by atoms with van der Waals surface area (Å²) >= 11 is 4.13. The second kappa shape index (κ2) is 9.92. The second-order valence-electron chi connectivity index (χ2n) is 12.0. The molecule has 0 radical (unpaired) electrons. The van der Waals surface area contributed by atoms with Gasteiger partial charge in [-0.3, -0.25) is 0 Å². The highest BCUT2D eigenvalue weighted by Crippen LogP contribution is 2.53. The molecule has 0 aliphatic heterocycles. The molecule has 6 aromatic rings. The van der Waals surface area contributed by atoms with Gasteiger partial charge >= 0.3 is 0 Å². The number of rotatable bonds is 6. The predicted molar refractivity (Wildman–Crippen MR) is 187 cm³/mol. The van der Waals surface area contributed by atoms with Gasteiger partial charge in [0.15, 0.2) is 16.1 Å². The van der Waals surface area contributed by atoms with Crippen LogP contribution in [-0.4, -0.2) is 16.1 Å². The average molecular weight is 599 g/mol. The molecule has 0 atom stereocenters. The molecule has 1 aliphatic carbocycles. The maximum atomic E-state index is 2.59. The number of benzene rings is 4. The van der Waals surface area contributed by atoms with E-state index in [4.69, 9.17) is 0 Å². The molecule has 0 nitrogen and oxygen atoms in total. The van der Waals surface area contributed by atoms with Crippen molar-refractivity contribution in [1.82, 2.24) is 0 Å². The number of thiophene rings is 2. The van der Waals surface area contributed by atoms with Gasteiger partial charge in [0, 0.05) is 24.2 Å². The molecule has 2 heterocycles. The lowest BCUT2D eigenvalue weighted by Gasteiger charge is -2.28. The third kappa shape index (κ3) is 4.03. The van der Waals surface area contributed by atoms with Crippen molar-refractivity contribution in [3.05, 3.63) is 145 Å². The summed E-state index contributed by atoms with van der Waals surface area (Å²) in [6.07, 6.45) is 0.